The number of carbonyl (C=O) groups excluding carboxylic acids is 2. The van der Waals surface area contributed by atoms with E-state index in [0.29, 0.717) is 38.9 Å². The minimum absolute atomic E-state index is 0.127. The van der Waals surface area contributed by atoms with Crippen LogP contribution in [0.15, 0.2) is 58.5 Å². The van der Waals surface area contributed by atoms with Crippen molar-refractivity contribution in [3.8, 4) is 17.4 Å². The molecule has 0 fully saturated rings. The van der Waals surface area contributed by atoms with E-state index in [2.05, 4.69) is 5.32 Å². The summed E-state index contributed by atoms with van der Waals surface area (Å²) in [6.45, 7) is 3.64. The van der Waals surface area contributed by atoms with Crippen molar-refractivity contribution in [3.63, 3.8) is 0 Å². The fraction of sp³-hybridized carbons (Fsp3) is 0.125. The number of amides is 1. The summed E-state index contributed by atoms with van der Waals surface area (Å²) in [5.41, 5.74) is 3.08. The molecule has 0 bridgehead atoms. The lowest BCUT2D eigenvalue weighted by Crippen LogP contribution is -2.13. The largest absolute Gasteiger partial charge is 0.465 e. The van der Waals surface area contributed by atoms with Crippen molar-refractivity contribution in [2.75, 3.05) is 12.4 Å². The van der Waals surface area contributed by atoms with E-state index in [-0.39, 0.29) is 5.57 Å². The molecule has 6 nitrogen and oxygen atoms in total. The number of furan rings is 1. The number of esters is 1. The van der Waals surface area contributed by atoms with Crippen LogP contribution in [0.3, 0.4) is 0 Å². The third kappa shape index (κ3) is 4.85. The molecule has 0 atom stereocenters. The summed E-state index contributed by atoms with van der Waals surface area (Å²) < 4.78 is 10.6. The summed E-state index contributed by atoms with van der Waals surface area (Å²) in [4.78, 5) is 24.4. The van der Waals surface area contributed by atoms with Gasteiger partial charge in [-0.15, -0.1) is 0 Å². The molecule has 0 aliphatic heterocycles. The summed E-state index contributed by atoms with van der Waals surface area (Å²) in [5, 5.41) is 12.6. The highest BCUT2D eigenvalue weighted by atomic mass is 35.5. The minimum atomic E-state index is -0.579. The zero-order valence-corrected chi connectivity index (χ0v) is 17.9. The fourth-order valence-corrected chi connectivity index (χ4v) is 3.15. The number of hydrogen-bond donors (Lipinski definition) is 1. The van der Waals surface area contributed by atoms with Gasteiger partial charge >= 0.3 is 5.97 Å². The van der Waals surface area contributed by atoms with E-state index in [0.717, 1.165) is 5.56 Å². The molecule has 7 heteroatoms. The highest BCUT2D eigenvalue weighted by Gasteiger charge is 2.16. The lowest BCUT2D eigenvalue weighted by atomic mass is 10.0. The molecule has 0 radical (unpaired) electrons. The van der Waals surface area contributed by atoms with Crippen LogP contribution in [0.4, 0.5) is 5.69 Å². The smallest absolute Gasteiger partial charge is 0.338 e. The number of anilines is 1. The Bertz CT molecular complexity index is 1230. The summed E-state index contributed by atoms with van der Waals surface area (Å²) >= 11 is 6.08. The Hall–Kier alpha value is -3.82. The van der Waals surface area contributed by atoms with Gasteiger partial charge in [-0.1, -0.05) is 29.8 Å². The molecule has 0 spiro atoms. The quantitative estimate of drug-likeness (QED) is 0.323. The maximum Gasteiger partial charge on any atom is 0.338 e. The van der Waals surface area contributed by atoms with Gasteiger partial charge in [0.15, 0.2) is 0 Å². The number of methoxy groups -OCH3 is 1. The number of halogens is 1. The predicted molar refractivity (Wildman–Crippen MR) is 119 cm³/mol. The van der Waals surface area contributed by atoms with Crippen LogP contribution in [-0.2, 0) is 9.53 Å². The molecule has 1 amide bonds. The molecule has 156 valence electrons. The summed E-state index contributed by atoms with van der Waals surface area (Å²) in [7, 11) is 1.32. The molecule has 0 aliphatic carbocycles. The van der Waals surface area contributed by atoms with Gasteiger partial charge in [-0.3, -0.25) is 4.79 Å². The zero-order chi connectivity index (χ0) is 22.5. The molecular formula is C24H19ClN2O4. The highest BCUT2D eigenvalue weighted by molar-refractivity contribution is 6.31. The predicted octanol–water partition coefficient (Wildman–Crippen LogP) is 5.55. The molecule has 0 aliphatic rings. The van der Waals surface area contributed by atoms with Gasteiger partial charge in [0.1, 0.15) is 23.2 Å². The molecule has 0 saturated carbocycles. The first-order valence-electron chi connectivity index (χ1n) is 9.31. The number of nitriles is 1. The van der Waals surface area contributed by atoms with E-state index in [1.807, 2.05) is 19.1 Å². The van der Waals surface area contributed by atoms with Gasteiger partial charge < -0.3 is 14.5 Å². The number of aryl methyl sites for hydroxylation is 1. The van der Waals surface area contributed by atoms with Crippen LogP contribution in [0.1, 0.15) is 27.2 Å². The van der Waals surface area contributed by atoms with Crippen LogP contribution < -0.4 is 5.32 Å². The second kappa shape index (κ2) is 9.33. The molecule has 1 aromatic heterocycles. The molecule has 3 aromatic rings. The molecule has 3 rings (SSSR count). The van der Waals surface area contributed by atoms with Crippen LogP contribution in [0.2, 0.25) is 5.02 Å². The van der Waals surface area contributed by atoms with Crippen LogP contribution in [0.25, 0.3) is 17.4 Å². The number of nitrogens with zero attached hydrogens (tertiary/aromatic N) is 1. The van der Waals surface area contributed by atoms with E-state index in [1.54, 1.807) is 49.4 Å². The third-order valence-electron chi connectivity index (χ3n) is 4.71. The van der Waals surface area contributed by atoms with Crippen molar-refractivity contribution >= 4 is 35.2 Å². The Morgan fingerprint density at radius 1 is 1.16 bits per heavy atom. The molecular weight excluding hydrogens is 416 g/mol. The van der Waals surface area contributed by atoms with Crippen molar-refractivity contribution in [1.29, 1.82) is 5.26 Å². The Balaban J connectivity index is 1.86. The molecule has 31 heavy (non-hydrogen) atoms. The number of hydrogen-bond acceptors (Lipinski definition) is 5. The van der Waals surface area contributed by atoms with Crippen molar-refractivity contribution in [2.45, 2.75) is 13.8 Å². The molecule has 0 unspecified atom stereocenters. The van der Waals surface area contributed by atoms with E-state index < -0.39 is 11.9 Å². The average molecular weight is 435 g/mol. The molecule has 1 heterocycles. The first-order chi connectivity index (χ1) is 14.8. The Morgan fingerprint density at radius 3 is 2.61 bits per heavy atom. The average Bonchev–Trinajstić information content (AvgIpc) is 3.22. The van der Waals surface area contributed by atoms with E-state index in [4.69, 9.17) is 20.8 Å². The number of rotatable bonds is 5. The lowest BCUT2D eigenvalue weighted by Gasteiger charge is -2.08. The first kappa shape index (κ1) is 21.9. The monoisotopic (exact) mass is 434 g/mol. The van der Waals surface area contributed by atoms with E-state index in [1.165, 1.54) is 13.2 Å². The highest BCUT2D eigenvalue weighted by Crippen LogP contribution is 2.29. The maximum absolute atomic E-state index is 12.5. The number of nitrogens with one attached hydrogen (secondary N) is 1. The lowest BCUT2D eigenvalue weighted by molar-refractivity contribution is -0.112. The third-order valence-corrected chi connectivity index (χ3v) is 5.12. The topological polar surface area (TPSA) is 92.3 Å². The Labute approximate surface area is 184 Å². The van der Waals surface area contributed by atoms with Gasteiger partial charge in [0.2, 0.25) is 0 Å². The van der Waals surface area contributed by atoms with Gasteiger partial charge in [-0.25, -0.2) is 4.79 Å². The minimum Gasteiger partial charge on any atom is -0.465 e. The van der Waals surface area contributed by atoms with Crippen LogP contribution in [0, 0.1) is 25.2 Å². The van der Waals surface area contributed by atoms with Gasteiger partial charge in [0.05, 0.1) is 12.7 Å². The normalized spacial score (nSPS) is 11.0. The maximum atomic E-state index is 12.5. The summed E-state index contributed by atoms with van der Waals surface area (Å²) in [6, 6.07) is 15.5. The van der Waals surface area contributed by atoms with Crippen molar-refractivity contribution in [2.24, 2.45) is 0 Å². The van der Waals surface area contributed by atoms with Crippen LogP contribution in [0.5, 0.6) is 0 Å². The number of ether oxygens (including phenoxy) is 1. The standard InChI is InChI=1S/C24H19ClN2O4/c1-14-7-8-17(12-21(14)25)27-23(28)16(13-26)11-18-9-10-22(31-18)19-5-4-6-20(15(19)2)24(29)30-3/h4-12H,1-3H3,(H,27,28)/b16-11-. The summed E-state index contributed by atoms with van der Waals surface area (Å²) in [6.07, 6.45) is 1.36. The van der Waals surface area contributed by atoms with Crippen molar-refractivity contribution in [3.05, 3.63) is 81.6 Å². The van der Waals surface area contributed by atoms with Gasteiger partial charge in [0, 0.05) is 22.3 Å². The Kier molecular flexibility index (Phi) is 6.58. The fourth-order valence-electron chi connectivity index (χ4n) is 2.97. The van der Waals surface area contributed by atoms with E-state index in [9.17, 15) is 14.9 Å². The van der Waals surface area contributed by atoms with E-state index >= 15 is 0 Å². The van der Waals surface area contributed by atoms with Gasteiger partial charge in [0.25, 0.3) is 5.91 Å². The molecule has 0 saturated heterocycles. The Morgan fingerprint density at radius 2 is 1.94 bits per heavy atom. The number of benzene rings is 2. The van der Waals surface area contributed by atoms with Crippen molar-refractivity contribution < 1.29 is 18.7 Å². The molecule has 1 N–H and O–H groups in total. The molecule has 2 aromatic carbocycles. The second-order valence-electron chi connectivity index (χ2n) is 6.76. The van der Waals surface area contributed by atoms with Crippen molar-refractivity contribution in [1.82, 2.24) is 0 Å². The zero-order valence-electron chi connectivity index (χ0n) is 17.2. The second-order valence-corrected chi connectivity index (χ2v) is 7.17. The SMILES string of the molecule is COC(=O)c1cccc(-c2ccc(/C=C(/C#N)C(=O)Nc3ccc(C)c(Cl)c3)o2)c1C. The van der Waals surface area contributed by atoms with Crippen LogP contribution >= 0.6 is 11.6 Å². The van der Waals surface area contributed by atoms with Gasteiger partial charge in [-0.05, 0) is 55.3 Å². The first-order valence-corrected chi connectivity index (χ1v) is 9.69. The number of carbonyl (C=O) groups is 2. The van der Waals surface area contributed by atoms with Gasteiger partial charge in [-0.2, -0.15) is 5.26 Å². The summed E-state index contributed by atoms with van der Waals surface area (Å²) in [5.74, 6) is -0.195. The van der Waals surface area contributed by atoms with Crippen LogP contribution in [-0.4, -0.2) is 19.0 Å².